The first kappa shape index (κ1) is 17.0. The van der Waals surface area contributed by atoms with Crippen LogP contribution < -0.4 is 0 Å². The van der Waals surface area contributed by atoms with E-state index in [0.29, 0.717) is 24.9 Å². The molecular weight excluding hydrogens is 320 g/mol. The molecule has 3 fully saturated rings. The molecule has 138 valence electrons. The quantitative estimate of drug-likeness (QED) is 0.818. The molecule has 0 aromatic carbocycles. The zero-order valence-electron chi connectivity index (χ0n) is 15.0. The van der Waals surface area contributed by atoms with Crippen molar-refractivity contribution in [1.29, 1.82) is 0 Å². The second-order valence-electron chi connectivity index (χ2n) is 7.58. The van der Waals surface area contributed by atoms with Gasteiger partial charge in [0.05, 0.1) is 31.9 Å². The molecule has 0 unspecified atom stereocenters. The third kappa shape index (κ3) is 3.88. The van der Waals surface area contributed by atoms with Gasteiger partial charge in [-0.2, -0.15) is 5.10 Å². The zero-order valence-corrected chi connectivity index (χ0v) is 15.0. The summed E-state index contributed by atoms with van der Waals surface area (Å²) in [4.78, 5) is 20.4. The van der Waals surface area contributed by atoms with Crippen LogP contribution in [-0.4, -0.2) is 64.6 Å². The first-order chi connectivity index (χ1) is 12.2. The van der Waals surface area contributed by atoms with Gasteiger partial charge in [0, 0.05) is 44.4 Å². The number of carbonyl (C=O) groups excluding carboxylic acids is 1. The van der Waals surface area contributed by atoms with Gasteiger partial charge in [-0.1, -0.05) is 0 Å². The number of likely N-dealkylation sites (tertiary alicyclic amines) is 1. The smallest absolute Gasteiger partial charge is 0.248 e. The number of hydrogen-bond donors (Lipinski definition) is 0. The third-order valence-corrected chi connectivity index (χ3v) is 5.70. The maximum absolute atomic E-state index is 12.4. The van der Waals surface area contributed by atoms with E-state index in [1.165, 1.54) is 5.56 Å². The van der Waals surface area contributed by atoms with Gasteiger partial charge in [0.2, 0.25) is 5.91 Å². The minimum absolute atomic E-state index is 0.0589. The van der Waals surface area contributed by atoms with E-state index in [2.05, 4.69) is 16.2 Å². The van der Waals surface area contributed by atoms with Crippen molar-refractivity contribution < 1.29 is 14.4 Å². The van der Waals surface area contributed by atoms with Crippen molar-refractivity contribution in [3.05, 3.63) is 18.0 Å². The summed E-state index contributed by atoms with van der Waals surface area (Å²) < 4.78 is 7.87. The van der Waals surface area contributed by atoms with Gasteiger partial charge in [0.1, 0.15) is 0 Å². The Morgan fingerprint density at radius 3 is 3.04 bits per heavy atom. The molecular formula is C18H28N4O3. The normalized spacial score (nSPS) is 30.4. The zero-order chi connectivity index (χ0) is 17.2. The molecule has 0 bridgehead atoms. The predicted octanol–water partition coefficient (Wildman–Crippen LogP) is 1.20. The Hall–Kier alpha value is -1.44. The number of fused-ring (bicyclic) bond motifs is 1. The molecule has 3 saturated heterocycles. The lowest BCUT2D eigenvalue weighted by molar-refractivity contribution is -0.199. The molecule has 0 spiro atoms. The molecule has 0 N–H and O–H groups in total. The van der Waals surface area contributed by atoms with Gasteiger partial charge in [-0.3, -0.25) is 19.2 Å². The van der Waals surface area contributed by atoms with E-state index in [1.54, 1.807) is 5.06 Å². The SMILES string of the molecule is Cn1cc(CN2CC[C@@H]3[C@@H](CO[C@H]3CC(=O)N3CCCCO3)C2)cn1. The summed E-state index contributed by atoms with van der Waals surface area (Å²) in [5.41, 5.74) is 1.26. The van der Waals surface area contributed by atoms with E-state index < -0.39 is 0 Å². The fourth-order valence-corrected chi connectivity index (χ4v) is 4.40. The van der Waals surface area contributed by atoms with Crippen LogP contribution in [0.5, 0.6) is 0 Å². The Labute approximate surface area is 148 Å². The molecule has 1 aromatic rings. The summed E-state index contributed by atoms with van der Waals surface area (Å²) in [6.45, 7) is 5.20. The maximum Gasteiger partial charge on any atom is 0.248 e. The third-order valence-electron chi connectivity index (χ3n) is 5.70. The molecule has 25 heavy (non-hydrogen) atoms. The monoisotopic (exact) mass is 348 g/mol. The van der Waals surface area contributed by atoms with Crippen LogP contribution in [0.3, 0.4) is 0 Å². The maximum atomic E-state index is 12.4. The second-order valence-corrected chi connectivity index (χ2v) is 7.58. The van der Waals surface area contributed by atoms with Crippen LogP contribution in [0.1, 0.15) is 31.2 Å². The molecule has 0 saturated carbocycles. The van der Waals surface area contributed by atoms with Crippen LogP contribution in [0.25, 0.3) is 0 Å². The van der Waals surface area contributed by atoms with Crippen molar-refractivity contribution in [2.24, 2.45) is 18.9 Å². The summed E-state index contributed by atoms with van der Waals surface area (Å²) in [5, 5.41) is 5.80. The Morgan fingerprint density at radius 2 is 2.28 bits per heavy atom. The Balaban J connectivity index is 1.29. The van der Waals surface area contributed by atoms with Crippen molar-refractivity contribution in [2.75, 3.05) is 32.8 Å². The fraction of sp³-hybridized carbons (Fsp3) is 0.778. The van der Waals surface area contributed by atoms with Gasteiger partial charge in [0.15, 0.2) is 0 Å². The molecule has 0 radical (unpaired) electrons. The molecule has 1 amide bonds. The van der Waals surface area contributed by atoms with Gasteiger partial charge in [-0.15, -0.1) is 0 Å². The molecule has 4 rings (SSSR count). The largest absolute Gasteiger partial charge is 0.377 e. The molecule has 1 aromatic heterocycles. The number of ether oxygens (including phenoxy) is 1. The number of nitrogens with zero attached hydrogens (tertiary/aromatic N) is 4. The second kappa shape index (κ2) is 7.43. The van der Waals surface area contributed by atoms with Crippen LogP contribution in [0.2, 0.25) is 0 Å². The topological polar surface area (TPSA) is 59.8 Å². The minimum Gasteiger partial charge on any atom is -0.377 e. The number of amides is 1. The van der Waals surface area contributed by atoms with Crippen LogP contribution in [-0.2, 0) is 28.0 Å². The summed E-state index contributed by atoms with van der Waals surface area (Å²) in [6.07, 6.45) is 7.72. The molecule has 0 aliphatic carbocycles. The lowest BCUT2D eigenvalue weighted by Crippen LogP contribution is -2.42. The molecule has 7 heteroatoms. The van der Waals surface area contributed by atoms with Gasteiger partial charge >= 0.3 is 0 Å². The van der Waals surface area contributed by atoms with Gasteiger partial charge < -0.3 is 4.74 Å². The lowest BCUT2D eigenvalue weighted by atomic mass is 9.83. The van der Waals surface area contributed by atoms with Crippen molar-refractivity contribution in [3.8, 4) is 0 Å². The summed E-state index contributed by atoms with van der Waals surface area (Å²) in [6, 6.07) is 0. The van der Waals surface area contributed by atoms with Crippen molar-refractivity contribution in [2.45, 2.75) is 38.3 Å². The highest BCUT2D eigenvalue weighted by molar-refractivity contribution is 5.75. The number of hydrogen-bond acceptors (Lipinski definition) is 5. The molecule has 7 nitrogen and oxygen atoms in total. The average Bonchev–Trinajstić information content (AvgIpc) is 3.22. The van der Waals surface area contributed by atoms with Gasteiger partial charge in [0.25, 0.3) is 0 Å². The number of piperidine rings is 1. The van der Waals surface area contributed by atoms with Crippen LogP contribution in [0.15, 0.2) is 12.4 Å². The van der Waals surface area contributed by atoms with Crippen LogP contribution in [0.4, 0.5) is 0 Å². The number of carbonyl (C=O) groups is 1. The van der Waals surface area contributed by atoms with E-state index in [4.69, 9.17) is 9.57 Å². The standard InChI is InChI=1S/C18H28N4O3/c1-20-10-14(9-19-20)11-21-6-4-16-15(12-21)13-24-17(16)8-18(23)22-5-2-3-7-25-22/h9-10,15-17H,2-8,11-13H2,1H3/t15-,16-,17+/m1/s1. The molecule has 3 atom stereocenters. The number of aromatic nitrogens is 2. The summed E-state index contributed by atoms with van der Waals surface area (Å²) in [7, 11) is 1.95. The van der Waals surface area contributed by atoms with Crippen molar-refractivity contribution >= 4 is 5.91 Å². The van der Waals surface area contributed by atoms with E-state index >= 15 is 0 Å². The van der Waals surface area contributed by atoms with E-state index in [9.17, 15) is 4.79 Å². The van der Waals surface area contributed by atoms with E-state index in [1.807, 2.05) is 17.9 Å². The van der Waals surface area contributed by atoms with Gasteiger partial charge in [-0.25, -0.2) is 5.06 Å². The number of aryl methyl sites for hydroxylation is 1. The Morgan fingerprint density at radius 1 is 1.36 bits per heavy atom. The van der Waals surface area contributed by atoms with E-state index in [0.717, 1.165) is 52.0 Å². The highest BCUT2D eigenvalue weighted by atomic mass is 16.7. The summed E-state index contributed by atoms with van der Waals surface area (Å²) >= 11 is 0. The van der Waals surface area contributed by atoms with E-state index in [-0.39, 0.29) is 12.0 Å². The molecule has 3 aliphatic rings. The van der Waals surface area contributed by atoms with Crippen molar-refractivity contribution in [3.63, 3.8) is 0 Å². The Kier molecular flexibility index (Phi) is 5.05. The highest BCUT2D eigenvalue weighted by Crippen LogP contribution is 2.36. The first-order valence-corrected chi connectivity index (χ1v) is 9.44. The number of hydroxylamine groups is 2. The van der Waals surface area contributed by atoms with Crippen LogP contribution in [0, 0.1) is 11.8 Å². The average molecular weight is 348 g/mol. The van der Waals surface area contributed by atoms with Crippen molar-refractivity contribution in [1.82, 2.24) is 19.7 Å². The lowest BCUT2D eigenvalue weighted by Gasteiger charge is -2.35. The fourth-order valence-electron chi connectivity index (χ4n) is 4.40. The summed E-state index contributed by atoms with van der Waals surface area (Å²) in [5.74, 6) is 1.12. The van der Waals surface area contributed by atoms with Gasteiger partial charge in [-0.05, 0) is 31.7 Å². The van der Waals surface area contributed by atoms with Crippen LogP contribution >= 0.6 is 0 Å². The molecule has 3 aliphatic heterocycles. The number of rotatable bonds is 4. The first-order valence-electron chi connectivity index (χ1n) is 9.44. The minimum atomic E-state index is 0.0589. The Bertz CT molecular complexity index is 599. The molecule has 4 heterocycles. The highest BCUT2D eigenvalue weighted by Gasteiger charge is 2.42. The predicted molar refractivity (Wildman–Crippen MR) is 91.3 cm³/mol.